The molecule has 104 valence electrons. The molecule has 0 saturated heterocycles. The maximum Gasteiger partial charge on any atom is -0.00182 e. The predicted octanol–water partition coefficient (Wildman–Crippen LogP) is 3.27. The molecule has 0 aromatic rings. The molecule has 0 saturated carbocycles. The maximum atomic E-state index is 5.80. The molecule has 0 rings (SSSR count). The predicted molar refractivity (Wildman–Crippen MR) is 78.1 cm³/mol. The van der Waals surface area contributed by atoms with Crippen LogP contribution in [0.4, 0.5) is 0 Å². The van der Waals surface area contributed by atoms with Crippen molar-refractivity contribution in [3.8, 4) is 0 Å². The van der Waals surface area contributed by atoms with Gasteiger partial charge in [0.2, 0.25) is 0 Å². The Morgan fingerprint density at radius 1 is 1.12 bits per heavy atom. The smallest absolute Gasteiger partial charge is 0.00182 e. The molecular weight excluding hydrogens is 208 g/mol. The minimum Gasteiger partial charge on any atom is -0.330 e. The molecule has 2 atom stereocenters. The molecule has 0 amide bonds. The molecule has 0 radical (unpaired) electrons. The molecule has 0 aromatic carbocycles. The van der Waals surface area contributed by atoms with Gasteiger partial charge in [-0.2, -0.15) is 0 Å². The maximum absolute atomic E-state index is 5.80. The van der Waals surface area contributed by atoms with Gasteiger partial charge in [-0.05, 0) is 55.6 Å². The fraction of sp³-hybridized carbons (Fsp3) is 1.00. The second-order valence-electron chi connectivity index (χ2n) is 6.99. The van der Waals surface area contributed by atoms with E-state index in [0.717, 1.165) is 25.6 Å². The normalized spacial score (nSPS) is 16.2. The van der Waals surface area contributed by atoms with Gasteiger partial charge in [0.15, 0.2) is 0 Å². The second kappa shape index (κ2) is 8.10. The van der Waals surface area contributed by atoms with E-state index in [9.17, 15) is 0 Å². The van der Waals surface area contributed by atoms with Gasteiger partial charge in [-0.3, -0.25) is 0 Å². The van der Waals surface area contributed by atoms with Crippen LogP contribution in [-0.4, -0.2) is 19.6 Å². The number of rotatable bonds is 8. The van der Waals surface area contributed by atoms with Crippen molar-refractivity contribution < 1.29 is 0 Å². The van der Waals surface area contributed by atoms with Gasteiger partial charge >= 0.3 is 0 Å². The van der Waals surface area contributed by atoms with Gasteiger partial charge in [0, 0.05) is 0 Å². The number of hydrogen-bond acceptors (Lipinski definition) is 2. The highest BCUT2D eigenvalue weighted by atomic mass is 14.9. The van der Waals surface area contributed by atoms with Crippen molar-refractivity contribution in [2.75, 3.05) is 19.6 Å². The Morgan fingerprint density at radius 3 is 2.12 bits per heavy atom. The summed E-state index contributed by atoms with van der Waals surface area (Å²) in [5, 5.41) is 3.57. The van der Waals surface area contributed by atoms with E-state index < -0.39 is 0 Å². The number of nitrogens with two attached hydrogens (primary N) is 1. The van der Waals surface area contributed by atoms with Crippen molar-refractivity contribution in [1.82, 2.24) is 5.32 Å². The lowest BCUT2D eigenvalue weighted by Gasteiger charge is -2.27. The third kappa shape index (κ3) is 8.62. The molecule has 0 heterocycles. The molecule has 0 aromatic heterocycles. The van der Waals surface area contributed by atoms with Crippen molar-refractivity contribution >= 4 is 0 Å². The van der Waals surface area contributed by atoms with Crippen LogP contribution in [-0.2, 0) is 0 Å². The first-order valence-corrected chi connectivity index (χ1v) is 7.18. The highest BCUT2D eigenvalue weighted by Gasteiger charge is 2.19. The fourth-order valence-electron chi connectivity index (χ4n) is 1.93. The van der Waals surface area contributed by atoms with Crippen molar-refractivity contribution in [3.63, 3.8) is 0 Å². The molecule has 17 heavy (non-hydrogen) atoms. The Kier molecular flexibility index (Phi) is 8.06. The Balaban J connectivity index is 3.69. The molecule has 0 bridgehead atoms. The van der Waals surface area contributed by atoms with E-state index in [2.05, 4.69) is 46.9 Å². The third-order valence-electron chi connectivity index (χ3n) is 3.80. The lowest BCUT2D eigenvalue weighted by Crippen LogP contribution is -2.31. The van der Waals surface area contributed by atoms with E-state index in [1.807, 2.05) is 0 Å². The van der Waals surface area contributed by atoms with Crippen LogP contribution in [0.25, 0.3) is 0 Å². The molecule has 0 aliphatic rings. The average molecular weight is 242 g/mol. The minimum atomic E-state index is 0.401. The molecule has 3 N–H and O–H groups in total. The van der Waals surface area contributed by atoms with Crippen molar-refractivity contribution in [2.24, 2.45) is 28.9 Å². The Bertz CT molecular complexity index is 182. The summed E-state index contributed by atoms with van der Waals surface area (Å²) in [5.74, 6) is 2.16. The molecule has 0 fully saturated rings. The van der Waals surface area contributed by atoms with E-state index in [0.29, 0.717) is 17.3 Å². The average Bonchev–Trinajstić information content (AvgIpc) is 2.20. The van der Waals surface area contributed by atoms with Gasteiger partial charge in [-0.15, -0.1) is 0 Å². The zero-order valence-electron chi connectivity index (χ0n) is 12.8. The second-order valence-corrected chi connectivity index (χ2v) is 6.99. The fourth-order valence-corrected chi connectivity index (χ4v) is 1.93. The van der Waals surface area contributed by atoms with Crippen LogP contribution in [0.1, 0.15) is 54.4 Å². The first-order chi connectivity index (χ1) is 7.77. The van der Waals surface area contributed by atoms with Crippen molar-refractivity contribution in [3.05, 3.63) is 0 Å². The zero-order chi connectivity index (χ0) is 13.5. The molecule has 1 unspecified atom stereocenters. The van der Waals surface area contributed by atoms with Crippen LogP contribution in [0, 0.1) is 23.2 Å². The van der Waals surface area contributed by atoms with Crippen LogP contribution >= 0.6 is 0 Å². The van der Waals surface area contributed by atoms with Crippen molar-refractivity contribution in [2.45, 2.75) is 54.4 Å². The zero-order valence-corrected chi connectivity index (χ0v) is 12.8. The summed E-state index contributed by atoms with van der Waals surface area (Å²) < 4.78 is 0. The van der Waals surface area contributed by atoms with Crippen LogP contribution in [0.15, 0.2) is 0 Å². The van der Waals surface area contributed by atoms with Crippen molar-refractivity contribution in [1.29, 1.82) is 0 Å². The standard InChI is InChI=1S/C15H34N2/c1-12(2)9-14(10-16)7-8-17-11-13(3)15(4,5)6/h12-14,17H,7-11,16H2,1-6H3/t13?,14-/m1/s1. The van der Waals surface area contributed by atoms with Gasteiger partial charge in [0.1, 0.15) is 0 Å². The molecule has 2 nitrogen and oxygen atoms in total. The van der Waals surface area contributed by atoms with Crippen LogP contribution in [0.3, 0.4) is 0 Å². The number of nitrogens with one attached hydrogen (secondary N) is 1. The summed E-state index contributed by atoms with van der Waals surface area (Å²) in [4.78, 5) is 0. The Morgan fingerprint density at radius 2 is 1.71 bits per heavy atom. The molecule has 0 spiro atoms. The van der Waals surface area contributed by atoms with Gasteiger partial charge in [-0.1, -0.05) is 41.5 Å². The summed E-state index contributed by atoms with van der Waals surface area (Å²) >= 11 is 0. The third-order valence-corrected chi connectivity index (χ3v) is 3.80. The Labute approximate surface area is 109 Å². The first kappa shape index (κ1) is 16.9. The number of hydrogen-bond donors (Lipinski definition) is 2. The lowest BCUT2D eigenvalue weighted by molar-refractivity contribution is 0.250. The first-order valence-electron chi connectivity index (χ1n) is 7.18. The summed E-state index contributed by atoms with van der Waals surface area (Å²) in [7, 11) is 0. The summed E-state index contributed by atoms with van der Waals surface area (Å²) in [6.45, 7) is 16.8. The highest BCUT2D eigenvalue weighted by molar-refractivity contribution is 4.72. The quantitative estimate of drug-likeness (QED) is 0.641. The van der Waals surface area contributed by atoms with Gasteiger partial charge in [0.25, 0.3) is 0 Å². The van der Waals surface area contributed by atoms with E-state index in [1.165, 1.54) is 12.8 Å². The summed E-state index contributed by atoms with van der Waals surface area (Å²) in [6, 6.07) is 0. The minimum absolute atomic E-state index is 0.401. The van der Waals surface area contributed by atoms with Gasteiger partial charge in [-0.25, -0.2) is 0 Å². The SMILES string of the molecule is CC(C)C[C@H](CN)CCNCC(C)C(C)(C)C. The van der Waals surface area contributed by atoms with Crippen LogP contribution < -0.4 is 11.1 Å². The largest absolute Gasteiger partial charge is 0.330 e. The van der Waals surface area contributed by atoms with E-state index in [4.69, 9.17) is 5.73 Å². The van der Waals surface area contributed by atoms with Gasteiger partial charge < -0.3 is 11.1 Å². The van der Waals surface area contributed by atoms with Gasteiger partial charge in [0.05, 0.1) is 0 Å². The van der Waals surface area contributed by atoms with E-state index >= 15 is 0 Å². The summed E-state index contributed by atoms with van der Waals surface area (Å²) in [6.07, 6.45) is 2.47. The lowest BCUT2D eigenvalue weighted by atomic mass is 9.82. The van der Waals surface area contributed by atoms with Crippen LogP contribution in [0.5, 0.6) is 0 Å². The molecule has 0 aliphatic heterocycles. The van der Waals surface area contributed by atoms with E-state index in [1.54, 1.807) is 0 Å². The Hall–Kier alpha value is -0.0800. The van der Waals surface area contributed by atoms with E-state index in [-0.39, 0.29) is 0 Å². The topological polar surface area (TPSA) is 38.0 Å². The highest BCUT2D eigenvalue weighted by Crippen LogP contribution is 2.24. The molecule has 0 aliphatic carbocycles. The summed E-state index contributed by atoms with van der Waals surface area (Å²) in [5.41, 5.74) is 6.21. The monoisotopic (exact) mass is 242 g/mol. The van der Waals surface area contributed by atoms with Crippen LogP contribution in [0.2, 0.25) is 0 Å². The molecule has 2 heteroatoms. The molecular formula is C15H34N2.